The lowest BCUT2D eigenvalue weighted by atomic mass is 10.2. The van der Waals surface area contributed by atoms with Crippen LogP contribution in [0.25, 0.3) is 11.4 Å². The predicted molar refractivity (Wildman–Crippen MR) is 102 cm³/mol. The average molecular weight is 386 g/mol. The van der Waals surface area contributed by atoms with Gasteiger partial charge in [-0.3, -0.25) is 9.36 Å². The fourth-order valence-electron chi connectivity index (χ4n) is 2.52. The highest BCUT2D eigenvalue weighted by molar-refractivity contribution is 7.99. The van der Waals surface area contributed by atoms with Crippen molar-refractivity contribution in [1.29, 1.82) is 0 Å². The highest BCUT2D eigenvalue weighted by atomic mass is 32.2. The van der Waals surface area contributed by atoms with Crippen LogP contribution < -0.4 is 5.32 Å². The Bertz CT molecular complexity index is 906. The molecule has 0 spiro atoms. The normalized spacial score (nSPS) is 11.9. The quantitative estimate of drug-likeness (QED) is 0.470. The molecule has 0 bridgehead atoms. The monoisotopic (exact) mass is 386 g/mol. The third kappa shape index (κ3) is 4.65. The highest BCUT2D eigenvalue weighted by Gasteiger charge is 2.16. The van der Waals surface area contributed by atoms with Crippen LogP contribution in [0.5, 0.6) is 0 Å². The molecule has 0 saturated carbocycles. The Labute approximate surface area is 160 Å². The maximum Gasteiger partial charge on any atom is 0.231 e. The van der Waals surface area contributed by atoms with Crippen LogP contribution >= 0.6 is 11.8 Å². The van der Waals surface area contributed by atoms with Gasteiger partial charge in [-0.1, -0.05) is 17.8 Å². The van der Waals surface area contributed by atoms with Crippen molar-refractivity contribution in [2.75, 3.05) is 5.75 Å². The summed E-state index contributed by atoms with van der Waals surface area (Å²) in [7, 11) is 0. The fourth-order valence-corrected chi connectivity index (χ4v) is 3.28. The van der Waals surface area contributed by atoms with E-state index >= 15 is 0 Å². The number of carbonyl (C=O) groups is 1. The molecule has 6 nitrogen and oxygen atoms in total. The first-order chi connectivity index (χ1) is 13.1. The summed E-state index contributed by atoms with van der Waals surface area (Å²) in [6.07, 6.45) is 3.29. The number of furan rings is 1. The van der Waals surface area contributed by atoms with Gasteiger partial charge in [0.05, 0.1) is 18.1 Å². The number of thioether (sulfide) groups is 1. The van der Waals surface area contributed by atoms with Crippen molar-refractivity contribution in [1.82, 2.24) is 20.1 Å². The summed E-state index contributed by atoms with van der Waals surface area (Å²) in [5.41, 5.74) is 0.744. The average Bonchev–Trinajstić information content (AvgIpc) is 3.31. The molecule has 1 aromatic carbocycles. The van der Waals surface area contributed by atoms with Crippen molar-refractivity contribution in [3.63, 3.8) is 0 Å². The molecule has 1 amide bonds. The van der Waals surface area contributed by atoms with Crippen molar-refractivity contribution in [2.45, 2.75) is 24.7 Å². The van der Waals surface area contributed by atoms with Crippen LogP contribution in [-0.4, -0.2) is 26.4 Å². The molecule has 27 heavy (non-hydrogen) atoms. The van der Waals surface area contributed by atoms with Crippen LogP contribution in [0.4, 0.5) is 4.39 Å². The van der Waals surface area contributed by atoms with Crippen LogP contribution in [0.15, 0.2) is 64.9 Å². The van der Waals surface area contributed by atoms with E-state index in [1.165, 1.54) is 23.9 Å². The zero-order valence-corrected chi connectivity index (χ0v) is 15.6. The van der Waals surface area contributed by atoms with E-state index in [2.05, 4.69) is 22.1 Å². The second kappa shape index (κ2) is 8.68. The van der Waals surface area contributed by atoms with Gasteiger partial charge in [0, 0.05) is 12.1 Å². The Kier molecular flexibility index (Phi) is 6.08. The van der Waals surface area contributed by atoms with Gasteiger partial charge in [-0.05, 0) is 43.3 Å². The van der Waals surface area contributed by atoms with E-state index in [-0.39, 0.29) is 23.5 Å². The maximum absolute atomic E-state index is 13.2. The second-order valence-corrected chi connectivity index (χ2v) is 6.75. The Hall–Kier alpha value is -2.87. The Morgan fingerprint density at radius 3 is 2.81 bits per heavy atom. The van der Waals surface area contributed by atoms with E-state index in [4.69, 9.17) is 4.42 Å². The molecule has 0 radical (unpaired) electrons. The molecule has 8 heteroatoms. The lowest BCUT2D eigenvalue weighted by Crippen LogP contribution is -2.28. The molecule has 0 saturated heterocycles. The molecular formula is C19H19FN4O2S. The Morgan fingerprint density at radius 1 is 1.37 bits per heavy atom. The summed E-state index contributed by atoms with van der Waals surface area (Å²) >= 11 is 1.28. The van der Waals surface area contributed by atoms with Crippen molar-refractivity contribution < 1.29 is 13.6 Å². The van der Waals surface area contributed by atoms with E-state index in [1.807, 2.05) is 17.6 Å². The lowest BCUT2D eigenvalue weighted by molar-refractivity contribution is -0.119. The van der Waals surface area contributed by atoms with Crippen LogP contribution in [0.1, 0.15) is 18.7 Å². The number of rotatable bonds is 8. The van der Waals surface area contributed by atoms with Gasteiger partial charge in [-0.15, -0.1) is 16.8 Å². The number of amides is 1. The van der Waals surface area contributed by atoms with Gasteiger partial charge in [0.1, 0.15) is 11.6 Å². The smallest absolute Gasteiger partial charge is 0.231 e. The van der Waals surface area contributed by atoms with Crippen molar-refractivity contribution >= 4 is 17.7 Å². The first-order valence-corrected chi connectivity index (χ1v) is 9.32. The van der Waals surface area contributed by atoms with E-state index in [9.17, 15) is 9.18 Å². The van der Waals surface area contributed by atoms with Gasteiger partial charge < -0.3 is 9.73 Å². The van der Waals surface area contributed by atoms with Crippen LogP contribution in [0, 0.1) is 5.82 Å². The van der Waals surface area contributed by atoms with Gasteiger partial charge in [0.2, 0.25) is 5.91 Å². The number of halogens is 1. The molecule has 2 heterocycles. The third-order valence-corrected chi connectivity index (χ3v) is 4.78. The largest absolute Gasteiger partial charge is 0.467 e. The molecule has 0 aliphatic carbocycles. The zero-order valence-electron chi connectivity index (χ0n) is 14.8. The van der Waals surface area contributed by atoms with Gasteiger partial charge >= 0.3 is 0 Å². The SMILES string of the molecule is C=CCn1c(SCC(=O)N[C@@H](C)c2ccco2)nnc1-c1ccc(F)cc1. The molecule has 0 unspecified atom stereocenters. The molecule has 0 fully saturated rings. The molecule has 0 aliphatic heterocycles. The third-order valence-electron chi connectivity index (χ3n) is 3.81. The van der Waals surface area contributed by atoms with Gasteiger partial charge in [-0.2, -0.15) is 0 Å². The molecule has 2 aromatic heterocycles. The lowest BCUT2D eigenvalue weighted by Gasteiger charge is -2.11. The second-order valence-electron chi connectivity index (χ2n) is 5.81. The van der Waals surface area contributed by atoms with Gasteiger partial charge in [-0.25, -0.2) is 4.39 Å². The molecule has 140 valence electrons. The number of nitrogens with zero attached hydrogens (tertiary/aromatic N) is 3. The number of nitrogens with one attached hydrogen (secondary N) is 1. The van der Waals surface area contributed by atoms with Crippen molar-refractivity contribution in [2.24, 2.45) is 0 Å². The fraction of sp³-hybridized carbons (Fsp3) is 0.211. The summed E-state index contributed by atoms with van der Waals surface area (Å²) in [6.45, 7) is 6.09. The summed E-state index contributed by atoms with van der Waals surface area (Å²) in [4.78, 5) is 12.2. The highest BCUT2D eigenvalue weighted by Crippen LogP contribution is 2.24. The van der Waals surface area contributed by atoms with E-state index in [0.29, 0.717) is 23.3 Å². The molecule has 0 aliphatic rings. The van der Waals surface area contributed by atoms with Gasteiger partial charge in [0.25, 0.3) is 0 Å². The molecule has 1 atom stereocenters. The first-order valence-electron chi connectivity index (χ1n) is 8.34. The topological polar surface area (TPSA) is 73.0 Å². The van der Waals surface area contributed by atoms with Gasteiger partial charge in [0.15, 0.2) is 11.0 Å². The minimum Gasteiger partial charge on any atom is -0.467 e. The van der Waals surface area contributed by atoms with E-state index in [0.717, 1.165) is 5.56 Å². The van der Waals surface area contributed by atoms with Crippen LogP contribution in [0.2, 0.25) is 0 Å². The number of carbonyl (C=O) groups excluding carboxylic acids is 1. The minimum atomic E-state index is -0.314. The van der Waals surface area contributed by atoms with Crippen LogP contribution in [-0.2, 0) is 11.3 Å². The van der Waals surface area contributed by atoms with Crippen molar-refractivity contribution in [3.05, 3.63) is 66.9 Å². The number of hydrogen-bond donors (Lipinski definition) is 1. The standard InChI is InChI=1S/C19H19FN4O2S/c1-3-10-24-18(14-6-8-15(20)9-7-14)22-23-19(24)27-12-17(25)21-13(2)16-5-4-11-26-16/h3-9,11,13H,1,10,12H2,2H3,(H,21,25)/t13-/m0/s1. The Morgan fingerprint density at radius 2 is 2.15 bits per heavy atom. The summed E-state index contributed by atoms with van der Waals surface area (Å²) in [5, 5.41) is 11.8. The van der Waals surface area contributed by atoms with Crippen molar-refractivity contribution in [3.8, 4) is 11.4 Å². The first kappa shape index (κ1) is 18.9. The summed E-state index contributed by atoms with van der Waals surface area (Å²) in [5.74, 6) is 1.03. The van der Waals surface area contributed by atoms with E-state index in [1.54, 1.807) is 30.5 Å². The molecule has 3 rings (SSSR count). The predicted octanol–water partition coefficient (Wildman–Crippen LogP) is 3.83. The number of allylic oxidation sites excluding steroid dienone is 1. The summed E-state index contributed by atoms with van der Waals surface area (Å²) < 4.78 is 20.3. The maximum atomic E-state index is 13.2. The molecule has 3 aromatic rings. The summed E-state index contributed by atoms with van der Waals surface area (Å²) in [6, 6.07) is 9.41. The van der Waals surface area contributed by atoms with E-state index < -0.39 is 0 Å². The number of benzene rings is 1. The minimum absolute atomic E-state index is 0.139. The Balaban J connectivity index is 1.68. The molecular weight excluding hydrogens is 367 g/mol. The van der Waals surface area contributed by atoms with Crippen LogP contribution in [0.3, 0.4) is 0 Å². The molecule has 1 N–H and O–H groups in total. The number of aromatic nitrogens is 3. The zero-order chi connectivity index (χ0) is 19.2. The number of hydrogen-bond acceptors (Lipinski definition) is 5.